The second kappa shape index (κ2) is 8.11. The van der Waals surface area contributed by atoms with Crippen molar-refractivity contribution in [1.29, 1.82) is 0 Å². The van der Waals surface area contributed by atoms with Crippen molar-refractivity contribution in [2.24, 2.45) is 40.4 Å². The van der Waals surface area contributed by atoms with Gasteiger partial charge in [-0.05, 0) is 112 Å². The van der Waals surface area contributed by atoms with Crippen molar-refractivity contribution >= 4 is 5.97 Å². The molecule has 0 aromatic rings. The van der Waals surface area contributed by atoms with E-state index in [-0.39, 0.29) is 6.10 Å². The number of carboxylic acids is 1. The van der Waals surface area contributed by atoms with Gasteiger partial charge in [-0.25, -0.2) is 4.79 Å². The van der Waals surface area contributed by atoms with E-state index in [0.717, 1.165) is 49.4 Å². The Bertz CT molecular complexity index is 736. The third-order valence-corrected chi connectivity index (χ3v) is 10.2. The van der Waals surface area contributed by atoms with Crippen LogP contribution in [0.1, 0.15) is 91.9 Å². The van der Waals surface area contributed by atoms with E-state index in [4.69, 9.17) is 5.11 Å². The lowest BCUT2D eigenvalue weighted by atomic mass is 9.47. The standard InChI is InChI=1S/C27H42O3/c1-17(6-5-7-18(2)25(29)30)22-10-11-23-21-9-8-19-16-20(28)12-14-26(19,3)24(21)13-15-27(22,23)4/h7-8,17,20-24,28H,5-6,9-16H2,1-4H3,(H,29,30)/b18-7+/t17-,20-,21+,22-,23+,24+,26+,27-/m1/s1. The molecule has 4 aliphatic rings. The predicted octanol–water partition coefficient (Wildman–Crippen LogP) is 6.37. The Morgan fingerprint density at radius 2 is 1.97 bits per heavy atom. The number of aliphatic carboxylic acids is 1. The van der Waals surface area contributed by atoms with Gasteiger partial charge in [0.15, 0.2) is 0 Å². The molecule has 30 heavy (non-hydrogen) atoms. The number of rotatable bonds is 5. The first-order chi connectivity index (χ1) is 14.2. The fourth-order valence-electron chi connectivity index (χ4n) is 8.47. The number of carboxylic acid groups (broad SMARTS) is 1. The topological polar surface area (TPSA) is 57.5 Å². The molecule has 4 aliphatic carbocycles. The average Bonchev–Trinajstić information content (AvgIpc) is 3.05. The van der Waals surface area contributed by atoms with E-state index in [2.05, 4.69) is 26.8 Å². The summed E-state index contributed by atoms with van der Waals surface area (Å²) in [5.74, 6) is 3.10. The number of carbonyl (C=O) groups is 1. The molecule has 3 fully saturated rings. The quantitative estimate of drug-likeness (QED) is 0.406. The molecule has 0 unspecified atom stereocenters. The van der Waals surface area contributed by atoms with Crippen LogP contribution in [0.15, 0.2) is 23.3 Å². The van der Waals surface area contributed by atoms with Gasteiger partial charge >= 0.3 is 5.97 Å². The predicted molar refractivity (Wildman–Crippen MR) is 121 cm³/mol. The van der Waals surface area contributed by atoms with Crippen molar-refractivity contribution in [3.05, 3.63) is 23.3 Å². The first kappa shape index (κ1) is 22.1. The van der Waals surface area contributed by atoms with Crippen LogP contribution in [0.4, 0.5) is 0 Å². The zero-order valence-corrected chi connectivity index (χ0v) is 19.5. The smallest absolute Gasteiger partial charge is 0.330 e. The molecule has 3 heteroatoms. The third-order valence-electron chi connectivity index (χ3n) is 10.2. The molecule has 0 aromatic carbocycles. The Labute approximate surface area is 183 Å². The van der Waals surface area contributed by atoms with E-state index >= 15 is 0 Å². The number of hydrogen-bond donors (Lipinski definition) is 2. The lowest BCUT2D eigenvalue weighted by Crippen LogP contribution is -2.50. The van der Waals surface area contributed by atoms with Crippen molar-refractivity contribution in [2.45, 2.75) is 98.0 Å². The number of aliphatic hydroxyl groups excluding tert-OH is 1. The van der Waals surface area contributed by atoms with E-state index in [1.165, 1.54) is 38.5 Å². The summed E-state index contributed by atoms with van der Waals surface area (Å²) in [5.41, 5.74) is 2.82. The van der Waals surface area contributed by atoms with Crippen LogP contribution in [0.3, 0.4) is 0 Å². The van der Waals surface area contributed by atoms with Crippen molar-refractivity contribution in [2.75, 3.05) is 0 Å². The van der Waals surface area contributed by atoms with Crippen LogP contribution in [-0.2, 0) is 4.79 Å². The van der Waals surface area contributed by atoms with Gasteiger partial charge in [-0.2, -0.15) is 0 Å². The van der Waals surface area contributed by atoms with Crippen LogP contribution < -0.4 is 0 Å². The maximum atomic E-state index is 11.1. The van der Waals surface area contributed by atoms with Crippen molar-refractivity contribution in [1.82, 2.24) is 0 Å². The lowest BCUT2D eigenvalue weighted by Gasteiger charge is -2.58. The molecule has 0 saturated heterocycles. The highest BCUT2D eigenvalue weighted by molar-refractivity contribution is 5.85. The zero-order valence-electron chi connectivity index (χ0n) is 19.5. The van der Waals surface area contributed by atoms with E-state index in [1.807, 2.05) is 6.08 Å². The second-order valence-corrected chi connectivity index (χ2v) is 11.6. The first-order valence-corrected chi connectivity index (χ1v) is 12.4. The minimum absolute atomic E-state index is 0.120. The fraction of sp³-hybridized carbons (Fsp3) is 0.815. The molecular formula is C27H42O3. The Morgan fingerprint density at radius 3 is 2.70 bits per heavy atom. The molecule has 3 nitrogen and oxygen atoms in total. The summed E-state index contributed by atoms with van der Waals surface area (Å²) >= 11 is 0. The zero-order chi connectivity index (χ0) is 21.7. The van der Waals surface area contributed by atoms with E-state index in [1.54, 1.807) is 12.5 Å². The molecule has 0 radical (unpaired) electrons. The Kier molecular flexibility index (Phi) is 5.98. The molecule has 0 bridgehead atoms. The molecule has 3 saturated carbocycles. The Hall–Kier alpha value is -1.09. The summed E-state index contributed by atoms with van der Waals surface area (Å²) in [5, 5.41) is 19.3. The lowest BCUT2D eigenvalue weighted by molar-refractivity contribution is -0.132. The van der Waals surface area contributed by atoms with Crippen LogP contribution in [-0.4, -0.2) is 22.3 Å². The normalized spacial score (nSPS) is 44.5. The van der Waals surface area contributed by atoms with Gasteiger partial charge in [0.25, 0.3) is 0 Å². The minimum Gasteiger partial charge on any atom is -0.478 e. The molecule has 0 amide bonds. The summed E-state index contributed by atoms with van der Waals surface area (Å²) in [6.45, 7) is 9.22. The van der Waals surface area contributed by atoms with Crippen LogP contribution in [0.2, 0.25) is 0 Å². The molecule has 4 rings (SSSR count). The molecule has 0 aliphatic heterocycles. The first-order valence-electron chi connectivity index (χ1n) is 12.4. The van der Waals surface area contributed by atoms with Gasteiger partial charge in [-0.1, -0.05) is 38.5 Å². The van der Waals surface area contributed by atoms with E-state index in [9.17, 15) is 9.90 Å². The molecular weight excluding hydrogens is 372 g/mol. The number of allylic oxidation sites excluding steroid dienone is 2. The minimum atomic E-state index is -0.790. The van der Waals surface area contributed by atoms with E-state index < -0.39 is 5.97 Å². The number of hydrogen-bond acceptors (Lipinski definition) is 2. The van der Waals surface area contributed by atoms with Crippen molar-refractivity contribution in [3.8, 4) is 0 Å². The molecule has 0 heterocycles. The molecule has 2 N–H and O–H groups in total. The molecule has 0 spiro atoms. The van der Waals surface area contributed by atoms with Gasteiger partial charge in [0.1, 0.15) is 0 Å². The van der Waals surface area contributed by atoms with Gasteiger partial charge in [0.05, 0.1) is 6.10 Å². The maximum absolute atomic E-state index is 11.1. The summed E-state index contributed by atoms with van der Waals surface area (Å²) in [6.07, 6.45) is 16.0. The van der Waals surface area contributed by atoms with Gasteiger partial charge in [0, 0.05) is 5.57 Å². The molecule has 0 aromatic heterocycles. The van der Waals surface area contributed by atoms with Crippen LogP contribution in [0.5, 0.6) is 0 Å². The van der Waals surface area contributed by atoms with Crippen molar-refractivity contribution in [3.63, 3.8) is 0 Å². The second-order valence-electron chi connectivity index (χ2n) is 11.6. The number of aliphatic hydroxyl groups is 1. The monoisotopic (exact) mass is 414 g/mol. The van der Waals surface area contributed by atoms with Gasteiger partial charge < -0.3 is 10.2 Å². The highest BCUT2D eigenvalue weighted by Gasteiger charge is 2.59. The number of fused-ring (bicyclic) bond motifs is 5. The highest BCUT2D eigenvalue weighted by Crippen LogP contribution is 2.67. The fourth-order valence-corrected chi connectivity index (χ4v) is 8.47. The summed E-state index contributed by atoms with van der Waals surface area (Å²) < 4.78 is 0. The maximum Gasteiger partial charge on any atom is 0.330 e. The van der Waals surface area contributed by atoms with E-state index in [0.29, 0.717) is 22.3 Å². The van der Waals surface area contributed by atoms with Gasteiger partial charge in [-0.15, -0.1) is 0 Å². The highest BCUT2D eigenvalue weighted by atomic mass is 16.4. The van der Waals surface area contributed by atoms with Crippen LogP contribution >= 0.6 is 0 Å². The Morgan fingerprint density at radius 1 is 1.20 bits per heavy atom. The average molecular weight is 415 g/mol. The molecule has 8 atom stereocenters. The summed E-state index contributed by atoms with van der Waals surface area (Å²) in [6, 6.07) is 0. The Balaban J connectivity index is 1.47. The summed E-state index contributed by atoms with van der Waals surface area (Å²) in [4.78, 5) is 11.1. The summed E-state index contributed by atoms with van der Waals surface area (Å²) in [7, 11) is 0. The van der Waals surface area contributed by atoms with Gasteiger partial charge in [0.2, 0.25) is 0 Å². The largest absolute Gasteiger partial charge is 0.478 e. The third kappa shape index (κ3) is 3.59. The van der Waals surface area contributed by atoms with Crippen LogP contribution in [0, 0.1) is 40.4 Å². The SMILES string of the molecule is C/C(=C\CC[C@@H](C)[C@H]1CC[C@H]2[C@@H]3CC=C4C[C@H](O)CC[C@]4(C)[C@H]3CC[C@]12C)C(=O)O. The van der Waals surface area contributed by atoms with Gasteiger partial charge in [-0.3, -0.25) is 0 Å². The molecule has 168 valence electrons. The van der Waals surface area contributed by atoms with Crippen LogP contribution in [0.25, 0.3) is 0 Å². The van der Waals surface area contributed by atoms with Crippen molar-refractivity contribution < 1.29 is 15.0 Å².